The predicted octanol–water partition coefficient (Wildman–Crippen LogP) is 4.20. The molecule has 4 atom stereocenters. The van der Waals surface area contributed by atoms with Gasteiger partial charge >= 0.3 is 0 Å². The van der Waals surface area contributed by atoms with Crippen LogP contribution in [0.25, 0.3) is 0 Å². The van der Waals surface area contributed by atoms with Crippen LogP contribution in [0.15, 0.2) is 25.3 Å². The monoisotopic (exact) mass is 210 g/mol. The van der Waals surface area contributed by atoms with Crippen LogP contribution in [-0.2, 0) is 4.74 Å². The van der Waals surface area contributed by atoms with Crippen molar-refractivity contribution >= 4 is 0 Å². The molecule has 0 aromatic heterocycles. The molecular formula is C14H26O. The first-order valence-electron chi connectivity index (χ1n) is 6.01. The van der Waals surface area contributed by atoms with E-state index < -0.39 is 0 Å². The lowest BCUT2D eigenvalue weighted by molar-refractivity contribution is -0.0489. The molecule has 0 heterocycles. The Labute approximate surface area is 95.2 Å². The van der Waals surface area contributed by atoms with Crippen molar-refractivity contribution in [3.63, 3.8) is 0 Å². The van der Waals surface area contributed by atoms with Gasteiger partial charge in [-0.05, 0) is 24.7 Å². The maximum absolute atomic E-state index is 6.11. The second kappa shape index (κ2) is 7.70. The third kappa shape index (κ3) is 4.65. The Balaban J connectivity index is 4.35. The molecule has 0 radical (unpaired) electrons. The highest BCUT2D eigenvalue weighted by molar-refractivity contribution is 4.86. The van der Waals surface area contributed by atoms with Crippen molar-refractivity contribution in [1.82, 2.24) is 0 Å². The summed E-state index contributed by atoms with van der Waals surface area (Å²) in [6, 6.07) is 0. The molecule has 0 amide bonds. The summed E-state index contributed by atoms with van der Waals surface area (Å²) < 4.78 is 6.11. The second-order valence-electron chi connectivity index (χ2n) is 4.22. The molecule has 88 valence electrons. The third-order valence-corrected chi connectivity index (χ3v) is 3.07. The smallest absolute Gasteiger partial charge is 0.0636 e. The Morgan fingerprint density at radius 2 is 1.27 bits per heavy atom. The zero-order valence-corrected chi connectivity index (χ0v) is 10.7. The van der Waals surface area contributed by atoms with E-state index in [0.717, 1.165) is 12.8 Å². The van der Waals surface area contributed by atoms with E-state index in [4.69, 9.17) is 4.74 Å². The average Bonchev–Trinajstić information content (AvgIpc) is 2.28. The zero-order chi connectivity index (χ0) is 11.8. The van der Waals surface area contributed by atoms with Crippen LogP contribution < -0.4 is 0 Å². The van der Waals surface area contributed by atoms with Gasteiger partial charge in [-0.3, -0.25) is 0 Å². The van der Waals surface area contributed by atoms with E-state index in [2.05, 4.69) is 40.9 Å². The fraction of sp³-hybridized carbons (Fsp3) is 0.714. The summed E-state index contributed by atoms with van der Waals surface area (Å²) in [4.78, 5) is 0. The number of hydrogen-bond donors (Lipinski definition) is 0. The van der Waals surface area contributed by atoms with Gasteiger partial charge in [0.2, 0.25) is 0 Å². The SMILES string of the molecule is C=CC(C)C(CC)OC(CC)C(C)C=C. The molecule has 0 rings (SSSR count). The van der Waals surface area contributed by atoms with Crippen molar-refractivity contribution in [1.29, 1.82) is 0 Å². The van der Waals surface area contributed by atoms with Gasteiger partial charge in [0, 0.05) is 0 Å². The molecule has 0 bridgehead atoms. The van der Waals surface area contributed by atoms with E-state index in [9.17, 15) is 0 Å². The minimum Gasteiger partial charge on any atom is -0.374 e. The van der Waals surface area contributed by atoms with Gasteiger partial charge in [-0.1, -0.05) is 39.8 Å². The van der Waals surface area contributed by atoms with Crippen molar-refractivity contribution < 1.29 is 4.74 Å². The molecule has 4 unspecified atom stereocenters. The molecule has 0 fully saturated rings. The summed E-state index contributed by atoms with van der Waals surface area (Å²) in [7, 11) is 0. The van der Waals surface area contributed by atoms with Crippen LogP contribution in [-0.4, -0.2) is 12.2 Å². The molecule has 0 aliphatic carbocycles. The molecule has 0 aromatic rings. The van der Waals surface area contributed by atoms with Gasteiger partial charge in [-0.15, -0.1) is 13.2 Å². The molecule has 0 spiro atoms. The van der Waals surface area contributed by atoms with Crippen LogP contribution in [0.2, 0.25) is 0 Å². The summed E-state index contributed by atoms with van der Waals surface area (Å²) in [6.45, 7) is 16.3. The Morgan fingerprint density at radius 1 is 0.933 bits per heavy atom. The van der Waals surface area contributed by atoms with Crippen molar-refractivity contribution in [2.45, 2.75) is 52.7 Å². The highest BCUT2D eigenvalue weighted by Gasteiger charge is 2.20. The van der Waals surface area contributed by atoms with Crippen LogP contribution in [0.3, 0.4) is 0 Å². The first-order valence-corrected chi connectivity index (χ1v) is 6.01. The summed E-state index contributed by atoms with van der Waals surface area (Å²) in [5.74, 6) is 0.835. The van der Waals surface area contributed by atoms with Crippen LogP contribution in [0, 0.1) is 11.8 Å². The minimum absolute atomic E-state index is 0.287. The van der Waals surface area contributed by atoms with Gasteiger partial charge in [0.15, 0.2) is 0 Å². The summed E-state index contributed by atoms with van der Waals surface area (Å²) in [5, 5.41) is 0. The van der Waals surface area contributed by atoms with Crippen LogP contribution in [0.1, 0.15) is 40.5 Å². The lowest BCUT2D eigenvalue weighted by atomic mass is 9.99. The van der Waals surface area contributed by atoms with Gasteiger partial charge in [0.1, 0.15) is 0 Å². The molecular weight excluding hydrogens is 184 g/mol. The van der Waals surface area contributed by atoms with E-state index in [1.54, 1.807) is 0 Å². The Bertz CT molecular complexity index is 166. The first-order chi connectivity index (χ1) is 7.10. The molecule has 0 aliphatic rings. The lowest BCUT2D eigenvalue weighted by Gasteiger charge is -2.29. The molecule has 0 N–H and O–H groups in total. The molecule has 1 nitrogen and oxygen atoms in total. The summed E-state index contributed by atoms with van der Waals surface area (Å²) in [6.07, 6.45) is 6.59. The second-order valence-corrected chi connectivity index (χ2v) is 4.22. The fourth-order valence-corrected chi connectivity index (χ4v) is 1.71. The Kier molecular flexibility index (Phi) is 7.41. The largest absolute Gasteiger partial charge is 0.374 e. The number of hydrogen-bond acceptors (Lipinski definition) is 1. The van der Waals surface area contributed by atoms with E-state index in [0.29, 0.717) is 11.8 Å². The fourth-order valence-electron chi connectivity index (χ4n) is 1.71. The van der Waals surface area contributed by atoms with E-state index in [1.807, 2.05) is 12.2 Å². The molecule has 1 heteroatoms. The van der Waals surface area contributed by atoms with Gasteiger partial charge in [0.05, 0.1) is 12.2 Å². The van der Waals surface area contributed by atoms with E-state index >= 15 is 0 Å². The first kappa shape index (κ1) is 14.4. The van der Waals surface area contributed by atoms with E-state index in [-0.39, 0.29) is 12.2 Å². The molecule has 0 saturated heterocycles. The van der Waals surface area contributed by atoms with Crippen molar-refractivity contribution in [2.24, 2.45) is 11.8 Å². The summed E-state index contributed by atoms with van der Waals surface area (Å²) in [5.41, 5.74) is 0. The van der Waals surface area contributed by atoms with Crippen LogP contribution >= 0.6 is 0 Å². The van der Waals surface area contributed by atoms with E-state index in [1.165, 1.54) is 0 Å². The van der Waals surface area contributed by atoms with Crippen molar-refractivity contribution in [3.8, 4) is 0 Å². The van der Waals surface area contributed by atoms with Crippen molar-refractivity contribution in [2.75, 3.05) is 0 Å². The van der Waals surface area contributed by atoms with Crippen LogP contribution in [0.4, 0.5) is 0 Å². The van der Waals surface area contributed by atoms with Crippen molar-refractivity contribution in [3.05, 3.63) is 25.3 Å². The number of rotatable bonds is 8. The highest BCUT2D eigenvalue weighted by atomic mass is 16.5. The normalized spacial score (nSPS) is 18.9. The third-order valence-electron chi connectivity index (χ3n) is 3.07. The zero-order valence-electron chi connectivity index (χ0n) is 10.7. The quantitative estimate of drug-likeness (QED) is 0.545. The maximum atomic E-state index is 6.11. The molecule has 15 heavy (non-hydrogen) atoms. The predicted molar refractivity (Wildman–Crippen MR) is 68.0 cm³/mol. The van der Waals surface area contributed by atoms with Gasteiger partial charge in [-0.25, -0.2) is 0 Å². The summed E-state index contributed by atoms with van der Waals surface area (Å²) >= 11 is 0. The molecule has 0 saturated carbocycles. The topological polar surface area (TPSA) is 9.23 Å². The lowest BCUT2D eigenvalue weighted by Crippen LogP contribution is -2.29. The van der Waals surface area contributed by atoms with Gasteiger partial charge < -0.3 is 4.74 Å². The molecule has 0 aromatic carbocycles. The Morgan fingerprint density at radius 3 is 1.47 bits per heavy atom. The number of ether oxygens (including phenoxy) is 1. The van der Waals surface area contributed by atoms with Crippen LogP contribution in [0.5, 0.6) is 0 Å². The standard InChI is InChI=1S/C14H26O/c1-7-11(5)13(9-3)15-14(10-4)12(6)8-2/h7-8,11-14H,1-2,9-10H2,3-6H3. The molecule has 0 aliphatic heterocycles. The maximum Gasteiger partial charge on any atom is 0.0636 e. The highest BCUT2D eigenvalue weighted by Crippen LogP contribution is 2.20. The van der Waals surface area contributed by atoms with Gasteiger partial charge in [-0.2, -0.15) is 0 Å². The average molecular weight is 210 g/mol. The Hall–Kier alpha value is -0.560. The van der Waals surface area contributed by atoms with Gasteiger partial charge in [0.25, 0.3) is 0 Å². The minimum atomic E-state index is 0.287.